The van der Waals surface area contributed by atoms with Crippen LogP contribution < -0.4 is 0 Å². The third kappa shape index (κ3) is 2.79. The maximum Gasteiger partial charge on any atom is 0.254 e. The maximum atomic E-state index is 13.4. The van der Waals surface area contributed by atoms with Gasteiger partial charge in [-0.1, -0.05) is 5.16 Å². The lowest BCUT2D eigenvalue weighted by molar-refractivity contribution is 0.0739. The SMILES string of the molecule is Cc1cc(C(=O)N(C)[C@@H](C)c2ccon2)c2ccc(F)cc2n1. The highest BCUT2D eigenvalue weighted by atomic mass is 19.1. The van der Waals surface area contributed by atoms with Crippen LogP contribution in [0.3, 0.4) is 0 Å². The van der Waals surface area contributed by atoms with E-state index in [4.69, 9.17) is 4.52 Å². The van der Waals surface area contributed by atoms with Crippen LogP contribution in [0.4, 0.5) is 4.39 Å². The second-order valence-electron chi connectivity index (χ2n) is 5.49. The molecule has 0 aliphatic heterocycles. The molecule has 0 aliphatic carbocycles. The number of aryl methyl sites for hydroxylation is 1. The fourth-order valence-electron chi connectivity index (χ4n) is 2.51. The van der Waals surface area contributed by atoms with Crippen LogP contribution >= 0.6 is 0 Å². The molecule has 5 nitrogen and oxygen atoms in total. The molecule has 3 aromatic rings. The summed E-state index contributed by atoms with van der Waals surface area (Å²) in [5.74, 6) is -0.555. The zero-order valence-corrected chi connectivity index (χ0v) is 13.1. The third-order valence-electron chi connectivity index (χ3n) is 3.92. The van der Waals surface area contributed by atoms with Gasteiger partial charge in [-0.15, -0.1) is 0 Å². The Morgan fingerprint density at radius 2 is 2.09 bits per heavy atom. The predicted octanol–water partition coefficient (Wildman–Crippen LogP) is 3.50. The minimum absolute atomic E-state index is 0.178. The highest BCUT2D eigenvalue weighted by molar-refractivity contribution is 6.06. The average Bonchev–Trinajstić information content (AvgIpc) is 3.05. The normalized spacial score (nSPS) is 12.3. The van der Waals surface area contributed by atoms with Gasteiger partial charge < -0.3 is 9.42 Å². The predicted molar refractivity (Wildman–Crippen MR) is 83.4 cm³/mol. The van der Waals surface area contributed by atoms with Crippen LogP contribution in [0.2, 0.25) is 0 Å². The first-order valence-corrected chi connectivity index (χ1v) is 7.21. The maximum absolute atomic E-state index is 13.4. The number of fused-ring (bicyclic) bond motifs is 1. The van der Waals surface area contributed by atoms with Crippen LogP contribution in [0.5, 0.6) is 0 Å². The number of nitrogens with zero attached hydrogens (tertiary/aromatic N) is 3. The minimum Gasteiger partial charge on any atom is -0.364 e. The van der Waals surface area contributed by atoms with Crippen molar-refractivity contribution in [2.24, 2.45) is 0 Å². The highest BCUT2D eigenvalue weighted by Gasteiger charge is 2.23. The van der Waals surface area contributed by atoms with E-state index in [1.165, 1.54) is 18.4 Å². The van der Waals surface area contributed by atoms with Gasteiger partial charge in [0, 0.05) is 30.3 Å². The quantitative estimate of drug-likeness (QED) is 0.742. The molecule has 6 heteroatoms. The number of carbonyl (C=O) groups is 1. The van der Waals surface area contributed by atoms with Crippen molar-refractivity contribution >= 4 is 16.8 Å². The summed E-state index contributed by atoms with van der Waals surface area (Å²) in [6.07, 6.45) is 1.47. The number of hydrogen-bond acceptors (Lipinski definition) is 4. The molecule has 23 heavy (non-hydrogen) atoms. The van der Waals surface area contributed by atoms with Crippen molar-refractivity contribution in [3.05, 3.63) is 59.4 Å². The molecule has 3 rings (SSSR count). The van der Waals surface area contributed by atoms with Crippen molar-refractivity contribution in [1.29, 1.82) is 0 Å². The molecule has 0 bridgehead atoms. The Balaban J connectivity index is 2.03. The van der Waals surface area contributed by atoms with E-state index in [1.54, 1.807) is 37.1 Å². The van der Waals surface area contributed by atoms with Gasteiger partial charge in [-0.3, -0.25) is 9.78 Å². The monoisotopic (exact) mass is 313 g/mol. The fourth-order valence-corrected chi connectivity index (χ4v) is 2.51. The molecule has 2 heterocycles. The second kappa shape index (κ2) is 5.79. The van der Waals surface area contributed by atoms with Crippen LogP contribution in [0.1, 0.15) is 34.7 Å². The minimum atomic E-state index is -0.377. The van der Waals surface area contributed by atoms with Crippen molar-refractivity contribution in [3.63, 3.8) is 0 Å². The Hall–Kier alpha value is -2.76. The highest BCUT2D eigenvalue weighted by Crippen LogP contribution is 2.24. The molecule has 1 aromatic carbocycles. The first-order valence-electron chi connectivity index (χ1n) is 7.21. The summed E-state index contributed by atoms with van der Waals surface area (Å²) >= 11 is 0. The largest absolute Gasteiger partial charge is 0.364 e. The number of hydrogen-bond donors (Lipinski definition) is 0. The van der Waals surface area contributed by atoms with Gasteiger partial charge in [0.1, 0.15) is 17.8 Å². The lowest BCUT2D eigenvalue weighted by Crippen LogP contribution is -2.30. The number of rotatable bonds is 3. The van der Waals surface area contributed by atoms with Gasteiger partial charge in [-0.25, -0.2) is 4.39 Å². The van der Waals surface area contributed by atoms with E-state index >= 15 is 0 Å². The molecule has 0 aliphatic rings. The Morgan fingerprint density at radius 3 is 2.78 bits per heavy atom. The zero-order chi connectivity index (χ0) is 16.6. The topological polar surface area (TPSA) is 59.2 Å². The Labute approximate surface area is 132 Å². The number of amides is 1. The fraction of sp³-hybridized carbons (Fsp3) is 0.235. The van der Waals surface area contributed by atoms with Crippen LogP contribution in [-0.2, 0) is 0 Å². The van der Waals surface area contributed by atoms with E-state index < -0.39 is 0 Å². The molecule has 0 saturated heterocycles. The van der Waals surface area contributed by atoms with Gasteiger partial charge >= 0.3 is 0 Å². The smallest absolute Gasteiger partial charge is 0.254 e. The van der Waals surface area contributed by atoms with Gasteiger partial charge in [0.15, 0.2) is 0 Å². The first-order chi connectivity index (χ1) is 11.0. The van der Waals surface area contributed by atoms with Crippen molar-refractivity contribution in [2.75, 3.05) is 7.05 Å². The molecule has 0 saturated carbocycles. The first kappa shape index (κ1) is 15.1. The van der Waals surface area contributed by atoms with Crippen molar-refractivity contribution in [3.8, 4) is 0 Å². The van der Waals surface area contributed by atoms with Crippen LogP contribution in [-0.4, -0.2) is 28.0 Å². The number of benzene rings is 1. The molecule has 0 N–H and O–H groups in total. The van der Waals surface area contributed by atoms with E-state index in [0.29, 0.717) is 27.9 Å². The molecule has 0 spiro atoms. The average molecular weight is 313 g/mol. The van der Waals surface area contributed by atoms with E-state index in [9.17, 15) is 9.18 Å². The molecule has 2 aromatic heterocycles. The lowest BCUT2D eigenvalue weighted by atomic mass is 10.1. The molecule has 1 amide bonds. The number of carbonyl (C=O) groups excluding carboxylic acids is 1. The van der Waals surface area contributed by atoms with E-state index in [1.807, 2.05) is 6.92 Å². The lowest BCUT2D eigenvalue weighted by Gasteiger charge is -2.24. The molecular formula is C17H16FN3O2. The summed E-state index contributed by atoms with van der Waals surface area (Å²) < 4.78 is 18.3. The van der Waals surface area contributed by atoms with Gasteiger partial charge in [-0.05, 0) is 32.0 Å². The van der Waals surface area contributed by atoms with E-state index in [-0.39, 0.29) is 17.8 Å². The zero-order valence-electron chi connectivity index (χ0n) is 13.1. The molecular weight excluding hydrogens is 297 g/mol. The number of pyridine rings is 1. The summed E-state index contributed by atoms with van der Waals surface area (Å²) in [7, 11) is 1.70. The number of aromatic nitrogens is 2. The van der Waals surface area contributed by atoms with Crippen LogP contribution in [0, 0.1) is 12.7 Å². The molecule has 118 valence electrons. The van der Waals surface area contributed by atoms with E-state index in [0.717, 1.165) is 0 Å². The summed E-state index contributed by atoms with van der Waals surface area (Å²) in [4.78, 5) is 18.8. The summed E-state index contributed by atoms with van der Waals surface area (Å²) in [6, 6.07) is 7.44. The van der Waals surface area contributed by atoms with Crippen molar-refractivity contribution in [1.82, 2.24) is 15.0 Å². The molecule has 1 atom stereocenters. The number of halogens is 1. The van der Waals surface area contributed by atoms with Gasteiger partial charge in [-0.2, -0.15) is 0 Å². The summed E-state index contributed by atoms with van der Waals surface area (Å²) in [5, 5.41) is 4.50. The summed E-state index contributed by atoms with van der Waals surface area (Å²) in [5.41, 5.74) is 2.29. The van der Waals surface area contributed by atoms with Gasteiger partial charge in [0.2, 0.25) is 0 Å². The molecule has 0 radical (unpaired) electrons. The van der Waals surface area contributed by atoms with Gasteiger partial charge in [0.25, 0.3) is 5.91 Å². The second-order valence-corrected chi connectivity index (χ2v) is 5.49. The Morgan fingerprint density at radius 1 is 1.30 bits per heavy atom. The standard InChI is InChI=1S/C17H16FN3O2/c1-10-8-14(13-5-4-12(18)9-16(13)19-10)17(22)21(3)11(2)15-6-7-23-20-15/h4-9,11H,1-3H3/t11-/m0/s1. The Bertz CT molecular complexity index is 856. The Kier molecular flexibility index (Phi) is 3.82. The van der Waals surface area contributed by atoms with Crippen molar-refractivity contribution in [2.45, 2.75) is 19.9 Å². The molecule has 0 fully saturated rings. The van der Waals surface area contributed by atoms with Crippen LogP contribution in [0.15, 0.2) is 41.1 Å². The third-order valence-corrected chi connectivity index (χ3v) is 3.92. The molecule has 0 unspecified atom stereocenters. The van der Waals surface area contributed by atoms with Crippen LogP contribution in [0.25, 0.3) is 10.9 Å². The van der Waals surface area contributed by atoms with E-state index in [2.05, 4.69) is 10.1 Å². The summed E-state index contributed by atoms with van der Waals surface area (Å²) in [6.45, 7) is 3.65. The van der Waals surface area contributed by atoms with Gasteiger partial charge in [0.05, 0.1) is 17.1 Å². The van der Waals surface area contributed by atoms with Crippen molar-refractivity contribution < 1.29 is 13.7 Å².